The number of hydrogen-bond acceptors (Lipinski definition) is 3. The summed E-state index contributed by atoms with van der Waals surface area (Å²) in [6.07, 6.45) is 1.38. The molecule has 0 fully saturated rings. The Morgan fingerprint density at radius 2 is 1.78 bits per heavy atom. The molecule has 0 saturated heterocycles. The number of amides is 1. The van der Waals surface area contributed by atoms with Gasteiger partial charge in [-0.25, -0.2) is 0 Å². The van der Waals surface area contributed by atoms with E-state index in [9.17, 15) is 9.90 Å². The number of aliphatic hydroxyl groups is 1. The van der Waals surface area contributed by atoms with Crippen molar-refractivity contribution in [3.05, 3.63) is 0 Å². The van der Waals surface area contributed by atoms with Crippen molar-refractivity contribution >= 4 is 5.91 Å². The van der Waals surface area contributed by atoms with Crippen LogP contribution in [-0.2, 0) is 4.79 Å². The van der Waals surface area contributed by atoms with E-state index in [0.29, 0.717) is 18.9 Å². The second kappa shape index (κ2) is 6.53. The van der Waals surface area contributed by atoms with Crippen LogP contribution in [0.2, 0.25) is 0 Å². The van der Waals surface area contributed by atoms with Gasteiger partial charge in [-0.1, -0.05) is 13.8 Å². The molecule has 1 amide bonds. The number of nitrogens with one attached hydrogen (secondary N) is 1. The predicted molar refractivity (Wildman–Crippen MR) is 75.1 cm³/mol. The maximum atomic E-state index is 12.0. The molecule has 0 spiro atoms. The summed E-state index contributed by atoms with van der Waals surface area (Å²) in [5, 5.41) is 12.9. The average molecular weight is 258 g/mol. The fraction of sp³-hybridized carbons (Fsp3) is 0.929. The number of carbonyl (C=O) groups excluding carboxylic acids is 1. The van der Waals surface area contributed by atoms with Crippen LogP contribution in [-0.4, -0.2) is 28.7 Å². The molecule has 4 nitrogen and oxygen atoms in total. The normalized spacial score (nSPS) is 14.7. The Balaban J connectivity index is 4.42. The molecule has 0 rings (SSSR count). The molecule has 0 radical (unpaired) electrons. The molecule has 0 saturated carbocycles. The first-order valence-electron chi connectivity index (χ1n) is 6.73. The molecule has 108 valence electrons. The summed E-state index contributed by atoms with van der Waals surface area (Å²) < 4.78 is 0. The lowest BCUT2D eigenvalue weighted by molar-refractivity contribution is -0.127. The second-order valence-corrected chi connectivity index (χ2v) is 6.67. The third kappa shape index (κ3) is 5.83. The summed E-state index contributed by atoms with van der Waals surface area (Å²) in [5.41, 5.74) is 4.08. The van der Waals surface area contributed by atoms with Crippen molar-refractivity contribution in [3.63, 3.8) is 0 Å². The van der Waals surface area contributed by atoms with Gasteiger partial charge in [-0.3, -0.25) is 4.79 Å². The lowest BCUT2D eigenvalue weighted by atomic mass is 9.85. The minimum absolute atomic E-state index is 0.0433. The number of hydrogen-bond donors (Lipinski definition) is 3. The van der Waals surface area contributed by atoms with E-state index in [1.165, 1.54) is 0 Å². The molecule has 0 aliphatic carbocycles. The second-order valence-electron chi connectivity index (χ2n) is 6.67. The quantitative estimate of drug-likeness (QED) is 0.650. The lowest BCUT2D eigenvalue weighted by Gasteiger charge is -2.38. The van der Waals surface area contributed by atoms with Crippen molar-refractivity contribution in [3.8, 4) is 0 Å². The van der Waals surface area contributed by atoms with Crippen LogP contribution in [0.4, 0.5) is 0 Å². The van der Waals surface area contributed by atoms with Crippen LogP contribution in [0.3, 0.4) is 0 Å². The third-order valence-electron chi connectivity index (χ3n) is 3.59. The summed E-state index contributed by atoms with van der Waals surface area (Å²) in [7, 11) is 0. The molecule has 1 atom stereocenters. The SMILES string of the molecule is CC(C)C[C@H](CN)CC(=O)NC(C)(C)C(C)(C)O. The van der Waals surface area contributed by atoms with Crippen LogP contribution in [0.5, 0.6) is 0 Å². The highest BCUT2D eigenvalue weighted by Gasteiger charge is 2.36. The van der Waals surface area contributed by atoms with Crippen molar-refractivity contribution in [2.75, 3.05) is 6.54 Å². The van der Waals surface area contributed by atoms with Crippen molar-refractivity contribution in [2.24, 2.45) is 17.6 Å². The van der Waals surface area contributed by atoms with Crippen molar-refractivity contribution in [1.82, 2.24) is 5.32 Å². The summed E-state index contributed by atoms with van der Waals surface area (Å²) >= 11 is 0. The Labute approximate surface area is 111 Å². The van der Waals surface area contributed by atoms with Gasteiger partial charge in [0.05, 0.1) is 11.1 Å². The molecular weight excluding hydrogens is 228 g/mol. The smallest absolute Gasteiger partial charge is 0.220 e. The van der Waals surface area contributed by atoms with E-state index in [-0.39, 0.29) is 11.8 Å². The first kappa shape index (κ1) is 17.4. The van der Waals surface area contributed by atoms with Crippen LogP contribution in [0, 0.1) is 11.8 Å². The summed E-state index contributed by atoms with van der Waals surface area (Å²) in [6, 6.07) is 0. The van der Waals surface area contributed by atoms with Crippen molar-refractivity contribution < 1.29 is 9.90 Å². The Morgan fingerprint density at radius 3 is 2.11 bits per heavy atom. The van der Waals surface area contributed by atoms with E-state index in [0.717, 1.165) is 6.42 Å². The Bertz CT molecular complexity index is 267. The van der Waals surface area contributed by atoms with Crippen LogP contribution in [0.1, 0.15) is 54.4 Å². The standard InChI is InChI=1S/C14H30N2O2/c1-10(2)7-11(9-15)8-12(17)16-13(3,4)14(5,6)18/h10-11,18H,7-9,15H2,1-6H3,(H,16,17)/t11-/m0/s1. The topological polar surface area (TPSA) is 75.4 Å². The zero-order valence-corrected chi connectivity index (χ0v) is 12.7. The zero-order valence-electron chi connectivity index (χ0n) is 12.7. The summed E-state index contributed by atoms with van der Waals surface area (Å²) in [6.45, 7) is 11.8. The van der Waals surface area contributed by atoms with Gasteiger partial charge in [0.1, 0.15) is 0 Å². The third-order valence-corrected chi connectivity index (χ3v) is 3.59. The average Bonchev–Trinajstić information content (AvgIpc) is 2.12. The van der Waals surface area contributed by atoms with Gasteiger partial charge in [0.25, 0.3) is 0 Å². The van der Waals surface area contributed by atoms with Gasteiger partial charge in [-0.2, -0.15) is 0 Å². The minimum atomic E-state index is -0.959. The first-order valence-corrected chi connectivity index (χ1v) is 6.73. The molecule has 4 N–H and O–H groups in total. The Hall–Kier alpha value is -0.610. The Kier molecular flexibility index (Phi) is 6.30. The molecule has 0 unspecified atom stereocenters. The van der Waals surface area contributed by atoms with Gasteiger partial charge >= 0.3 is 0 Å². The van der Waals surface area contributed by atoms with E-state index in [1.54, 1.807) is 13.8 Å². The molecule has 0 aliphatic heterocycles. The monoisotopic (exact) mass is 258 g/mol. The van der Waals surface area contributed by atoms with Gasteiger partial charge in [-0.05, 0) is 52.5 Å². The minimum Gasteiger partial charge on any atom is -0.388 e. The number of rotatable bonds is 7. The fourth-order valence-electron chi connectivity index (χ4n) is 1.74. The van der Waals surface area contributed by atoms with E-state index in [4.69, 9.17) is 5.73 Å². The van der Waals surface area contributed by atoms with Gasteiger partial charge in [0.2, 0.25) is 5.91 Å². The molecular formula is C14H30N2O2. The van der Waals surface area contributed by atoms with Crippen molar-refractivity contribution in [2.45, 2.75) is 65.5 Å². The van der Waals surface area contributed by atoms with Crippen LogP contribution in [0.25, 0.3) is 0 Å². The Morgan fingerprint density at radius 1 is 1.28 bits per heavy atom. The van der Waals surface area contributed by atoms with Crippen molar-refractivity contribution in [1.29, 1.82) is 0 Å². The van der Waals surface area contributed by atoms with Crippen LogP contribution < -0.4 is 11.1 Å². The summed E-state index contributed by atoms with van der Waals surface area (Å²) in [5.74, 6) is 0.703. The number of nitrogens with two attached hydrogens (primary N) is 1. The predicted octanol–water partition coefficient (Wildman–Crippen LogP) is 1.66. The molecule has 0 aromatic rings. The molecule has 4 heteroatoms. The number of carbonyl (C=O) groups is 1. The van der Waals surface area contributed by atoms with Gasteiger partial charge in [0.15, 0.2) is 0 Å². The zero-order chi connectivity index (χ0) is 14.6. The van der Waals surface area contributed by atoms with Gasteiger partial charge in [0, 0.05) is 6.42 Å². The highest BCUT2D eigenvalue weighted by molar-refractivity contribution is 5.77. The highest BCUT2D eigenvalue weighted by Crippen LogP contribution is 2.21. The maximum absolute atomic E-state index is 12.0. The van der Waals surface area contributed by atoms with Crippen LogP contribution >= 0.6 is 0 Å². The van der Waals surface area contributed by atoms with E-state index >= 15 is 0 Å². The molecule has 0 aromatic heterocycles. The molecule has 0 aliphatic rings. The molecule has 0 aromatic carbocycles. The highest BCUT2D eigenvalue weighted by atomic mass is 16.3. The van der Waals surface area contributed by atoms with Crippen LogP contribution in [0.15, 0.2) is 0 Å². The maximum Gasteiger partial charge on any atom is 0.220 e. The molecule has 0 bridgehead atoms. The fourth-order valence-corrected chi connectivity index (χ4v) is 1.74. The molecule has 18 heavy (non-hydrogen) atoms. The summed E-state index contributed by atoms with van der Waals surface area (Å²) in [4.78, 5) is 12.0. The van der Waals surface area contributed by atoms with E-state index < -0.39 is 11.1 Å². The lowest BCUT2D eigenvalue weighted by Crippen LogP contribution is -2.58. The molecule has 0 heterocycles. The first-order chi connectivity index (χ1) is 7.99. The van der Waals surface area contributed by atoms with E-state index in [1.807, 2.05) is 13.8 Å². The largest absolute Gasteiger partial charge is 0.388 e. The van der Waals surface area contributed by atoms with E-state index in [2.05, 4.69) is 19.2 Å². The van der Waals surface area contributed by atoms with Gasteiger partial charge < -0.3 is 16.2 Å². The van der Waals surface area contributed by atoms with Gasteiger partial charge in [-0.15, -0.1) is 0 Å².